The lowest BCUT2D eigenvalue weighted by Gasteiger charge is -2.06. The Morgan fingerprint density at radius 1 is 0.706 bits per heavy atom. The predicted octanol–water partition coefficient (Wildman–Crippen LogP) is 3.65. The summed E-state index contributed by atoms with van der Waals surface area (Å²) in [5.74, 6) is 0. The second kappa shape index (κ2) is 5.27. The molecule has 0 N–H and O–H groups in total. The highest BCUT2D eigenvalue weighted by molar-refractivity contribution is 7.10. The zero-order valence-corrected chi connectivity index (χ0v) is 11.4. The van der Waals surface area contributed by atoms with Crippen LogP contribution in [0.1, 0.15) is 40.4 Å². The summed E-state index contributed by atoms with van der Waals surface area (Å²) in [7, 11) is 0. The molecule has 0 aliphatic heterocycles. The average molecular weight is 264 g/mol. The molecule has 4 rings (SSSR count). The van der Waals surface area contributed by atoms with E-state index < -0.39 is 0 Å². The van der Waals surface area contributed by atoms with Gasteiger partial charge in [-0.1, -0.05) is 0 Å². The molecule has 2 nitrogen and oxygen atoms in total. The normalized spacial score (nSPS) is 16.9. The van der Waals surface area contributed by atoms with Crippen LogP contribution in [-0.4, -0.2) is 9.97 Å². The van der Waals surface area contributed by atoms with Gasteiger partial charge in [-0.2, -0.15) is 0 Å². The number of aryl methyl sites for hydroxylation is 4. The molecule has 2 aromatic rings. The van der Waals surface area contributed by atoms with Gasteiger partial charge in [0.25, 0.3) is 0 Å². The van der Waals surface area contributed by atoms with Crippen LogP contribution >= 0.6 is 22.7 Å². The molecular weight excluding hydrogens is 248 g/mol. The van der Waals surface area contributed by atoms with Gasteiger partial charge >= 0.3 is 0 Å². The quantitative estimate of drug-likeness (QED) is 0.726. The van der Waals surface area contributed by atoms with E-state index in [0.29, 0.717) is 0 Å². The minimum atomic E-state index is 1.22. The molecule has 17 heavy (non-hydrogen) atoms. The Kier molecular flexibility index (Phi) is 3.52. The van der Waals surface area contributed by atoms with E-state index in [9.17, 15) is 0 Å². The fourth-order valence-corrected chi connectivity index (χ4v) is 4.12. The molecule has 2 aromatic heterocycles. The predicted molar refractivity (Wildman–Crippen MR) is 72.9 cm³/mol. The van der Waals surface area contributed by atoms with Gasteiger partial charge in [-0.25, -0.2) is 9.97 Å². The third-order valence-electron chi connectivity index (χ3n) is 3.34. The fraction of sp³-hybridized carbons (Fsp3) is 0.538. The zero-order valence-electron chi connectivity index (χ0n) is 9.82. The number of aromatic nitrogens is 2. The van der Waals surface area contributed by atoms with Crippen molar-refractivity contribution in [3.8, 4) is 0 Å². The van der Waals surface area contributed by atoms with Crippen LogP contribution in [0.3, 0.4) is 0 Å². The molecule has 0 atom stereocenters. The van der Waals surface area contributed by atoms with Gasteiger partial charge in [0, 0.05) is 9.75 Å². The molecule has 0 aromatic carbocycles. The highest BCUT2D eigenvalue weighted by atomic mass is 32.1. The molecule has 0 radical (unpaired) electrons. The summed E-state index contributed by atoms with van der Waals surface area (Å²) < 4.78 is 0. The lowest BCUT2D eigenvalue weighted by molar-refractivity contribution is 0.682. The maximum Gasteiger partial charge on any atom is 0.0797 e. The van der Waals surface area contributed by atoms with E-state index in [2.05, 4.69) is 9.97 Å². The van der Waals surface area contributed by atoms with Gasteiger partial charge in [0.1, 0.15) is 0 Å². The smallest absolute Gasteiger partial charge is 0.0797 e. The zero-order chi connectivity index (χ0) is 11.5. The van der Waals surface area contributed by atoms with Crippen molar-refractivity contribution in [3.05, 3.63) is 32.2 Å². The first kappa shape index (κ1) is 11.4. The van der Waals surface area contributed by atoms with E-state index in [0.717, 1.165) is 0 Å². The Hall–Kier alpha value is -0.740. The maximum absolute atomic E-state index is 4.28. The number of nitrogens with zero attached hydrogens (tertiary/aromatic N) is 2. The Balaban J connectivity index is 0.000000107. The van der Waals surface area contributed by atoms with Gasteiger partial charge in [-0.15, -0.1) is 22.7 Å². The SMILES string of the molecule is c1nc2c(s1)CCC2.c1nc2c(s1)CCCC2. The van der Waals surface area contributed by atoms with Crippen molar-refractivity contribution >= 4 is 22.7 Å². The van der Waals surface area contributed by atoms with Crippen molar-refractivity contribution in [1.29, 1.82) is 0 Å². The third-order valence-corrected chi connectivity index (χ3v) is 5.21. The minimum Gasteiger partial charge on any atom is -0.249 e. The second-order valence-corrected chi connectivity index (χ2v) is 6.38. The van der Waals surface area contributed by atoms with Gasteiger partial charge < -0.3 is 0 Å². The van der Waals surface area contributed by atoms with E-state index in [4.69, 9.17) is 0 Å². The van der Waals surface area contributed by atoms with Crippen LogP contribution in [0.2, 0.25) is 0 Å². The highest BCUT2D eigenvalue weighted by Gasteiger charge is 2.11. The molecule has 0 bridgehead atoms. The molecule has 2 aliphatic rings. The molecular formula is C13H16N2S2. The van der Waals surface area contributed by atoms with Crippen LogP contribution < -0.4 is 0 Å². The van der Waals surface area contributed by atoms with Crippen molar-refractivity contribution in [3.63, 3.8) is 0 Å². The van der Waals surface area contributed by atoms with Crippen LogP contribution in [-0.2, 0) is 25.7 Å². The number of hydrogen-bond acceptors (Lipinski definition) is 4. The van der Waals surface area contributed by atoms with Gasteiger partial charge in [-0.05, 0) is 44.9 Å². The first-order valence-electron chi connectivity index (χ1n) is 6.26. The molecule has 0 unspecified atom stereocenters. The number of hydrogen-bond donors (Lipinski definition) is 0. The van der Waals surface area contributed by atoms with Gasteiger partial charge in [0.15, 0.2) is 0 Å². The standard InChI is InChI=1S/C7H9NS.C6H7NS/c1-2-4-7-6(3-1)8-5-9-7;1-2-5-6(3-1)8-4-7-5/h5H,1-4H2;4H,1-3H2. The lowest BCUT2D eigenvalue weighted by atomic mass is 10.0. The summed E-state index contributed by atoms with van der Waals surface area (Å²) in [5, 5.41) is 0. The Bertz CT molecular complexity index is 448. The number of fused-ring (bicyclic) bond motifs is 2. The van der Waals surface area contributed by atoms with Crippen LogP contribution in [0.4, 0.5) is 0 Å². The minimum absolute atomic E-state index is 1.22. The molecule has 2 aliphatic carbocycles. The van der Waals surface area contributed by atoms with E-state index in [-0.39, 0.29) is 0 Å². The lowest BCUT2D eigenvalue weighted by Crippen LogP contribution is -1.98. The van der Waals surface area contributed by atoms with E-state index >= 15 is 0 Å². The Labute approximate surface area is 110 Å². The summed E-state index contributed by atoms with van der Waals surface area (Å²) in [6, 6.07) is 0. The summed E-state index contributed by atoms with van der Waals surface area (Å²) in [6.07, 6.45) is 9.04. The summed E-state index contributed by atoms with van der Waals surface area (Å²) >= 11 is 3.62. The molecule has 0 saturated carbocycles. The number of thiazole rings is 2. The monoisotopic (exact) mass is 264 g/mol. The van der Waals surface area contributed by atoms with Crippen LogP contribution in [0.15, 0.2) is 11.0 Å². The van der Waals surface area contributed by atoms with Gasteiger partial charge in [0.05, 0.1) is 22.4 Å². The van der Waals surface area contributed by atoms with Crippen LogP contribution in [0, 0.1) is 0 Å². The van der Waals surface area contributed by atoms with Crippen LogP contribution in [0.5, 0.6) is 0 Å². The molecule has 4 heteroatoms. The Morgan fingerprint density at radius 2 is 1.24 bits per heavy atom. The largest absolute Gasteiger partial charge is 0.249 e. The van der Waals surface area contributed by atoms with E-state index in [1.807, 2.05) is 22.4 Å². The first-order chi connectivity index (χ1) is 8.43. The molecule has 0 fully saturated rings. The maximum atomic E-state index is 4.28. The van der Waals surface area contributed by atoms with Crippen molar-refractivity contribution in [2.45, 2.75) is 44.9 Å². The third kappa shape index (κ3) is 2.58. The van der Waals surface area contributed by atoms with Crippen molar-refractivity contribution in [1.82, 2.24) is 9.97 Å². The van der Waals surface area contributed by atoms with Gasteiger partial charge in [-0.3, -0.25) is 0 Å². The highest BCUT2D eigenvalue weighted by Crippen LogP contribution is 2.23. The topological polar surface area (TPSA) is 25.8 Å². The number of rotatable bonds is 0. The summed E-state index contributed by atoms with van der Waals surface area (Å²) in [5.41, 5.74) is 6.64. The van der Waals surface area contributed by atoms with Crippen molar-refractivity contribution < 1.29 is 0 Å². The Morgan fingerprint density at radius 3 is 1.88 bits per heavy atom. The molecule has 0 amide bonds. The van der Waals surface area contributed by atoms with Crippen molar-refractivity contribution in [2.75, 3.05) is 0 Å². The molecule has 0 saturated heterocycles. The molecule has 90 valence electrons. The fourth-order valence-electron chi connectivity index (χ4n) is 2.40. The van der Waals surface area contributed by atoms with Crippen molar-refractivity contribution in [2.24, 2.45) is 0 Å². The van der Waals surface area contributed by atoms with E-state index in [1.165, 1.54) is 66.1 Å². The molecule has 0 spiro atoms. The average Bonchev–Trinajstić information content (AvgIpc) is 3.06. The second-order valence-electron chi connectivity index (χ2n) is 4.51. The first-order valence-corrected chi connectivity index (χ1v) is 8.02. The molecule has 2 heterocycles. The van der Waals surface area contributed by atoms with Gasteiger partial charge in [0.2, 0.25) is 0 Å². The van der Waals surface area contributed by atoms with E-state index in [1.54, 1.807) is 11.3 Å². The van der Waals surface area contributed by atoms with Crippen LogP contribution in [0.25, 0.3) is 0 Å². The summed E-state index contributed by atoms with van der Waals surface area (Å²) in [6.45, 7) is 0. The summed E-state index contributed by atoms with van der Waals surface area (Å²) in [4.78, 5) is 11.5.